The van der Waals surface area contributed by atoms with Gasteiger partial charge in [0.2, 0.25) is 0 Å². The lowest BCUT2D eigenvalue weighted by molar-refractivity contribution is -0.137. The number of aromatic nitrogens is 2. The highest BCUT2D eigenvalue weighted by molar-refractivity contribution is 5.76. The number of hydrogen-bond donors (Lipinski definition) is 2. The van der Waals surface area contributed by atoms with Gasteiger partial charge in [-0.15, -0.1) is 0 Å². The number of imidazole rings is 1. The molecule has 1 aliphatic carbocycles. The molecule has 3 nitrogen and oxygen atoms in total. The first-order valence-corrected chi connectivity index (χ1v) is 5.25. The molecule has 0 unspecified atom stereocenters. The summed E-state index contributed by atoms with van der Waals surface area (Å²) in [5.74, 6) is 0.576. The summed E-state index contributed by atoms with van der Waals surface area (Å²) >= 11 is 0. The first-order chi connectivity index (χ1) is 7.88. The number of alkyl halides is 3. The number of halogens is 3. The number of rotatable bonds is 1. The Hall–Kier alpha value is -1.56. The summed E-state index contributed by atoms with van der Waals surface area (Å²) in [6, 6.07) is 3.46. The van der Waals surface area contributed by atoms with E-state index in [0.29, 0.717) is 16.9 Å². The highest BCUT2D eigenvalue weighted by Crippen LogP contribution is 2.42. The second-order valence-corrected chi connectivity index (χ2v) is 4.47. The number of aromatic amines is 1. The van der Waals surface area contributed by atoms with E-state index in [1.807, 2.05) is 0 Å². The van der Waals surface area contributed by atoms with E-state index in [1.54, 1.807) is 0 Å². The molecule has 2 aromatic rings. The number of benzene rings is 1. The average molecular weight is 241 g/mol. The fourth-order valence-electron chi connectivity index (χ4n) is 1.79. The van der Waals surface area contributed by atoms with Gasteiger partial charge in [0, 0.05) is 0 Å². The first kappa shape index (κ1) is 10.6. The van der Waals surface area contributed by atoms with Crippen molar-refractivity contribution in [2.45, 2.75) is 24.6 Å². The van der Waals surface area contributed by atoms with Gasteiger partial charge in [-0.25, -0.2) is 4.98 Å². The Morgan fingerprint density at radius 1 is 1.29 bits per heavy atom. The largest absolute Gasteiger partial charge is 0.416 e. The van der Waals surface area contributed by atoms with Crippen LogP contribution in [0.4, 0.5) is 13.2 Å². The summed E-state index contributed by atoms with van der Waals surface area (Å²) in [7, 11) is 0. The molecule has 0 spiro atoms. The third-order valence-corrected chi connectivity index (χ3v) is 3.07. The normalized spacial score (nSPS) is 18.6. The number of fused-ring (bicyclic) bond motifs is 1. The molecule has 90 valence electrons. The molecule has 0 aliphatic heterocycles. The van der Waals surface area contributed by atoms with Gasteiger partial charge in [-0.3, -0.25) is 0 Å². The van der Waals surface area contributed by atoms with Crippen molar-refractivity contribution in [2.24, 2.45) is 5.73 Å². The van der Waals surface area contributed by atoms with Crippen molar-refractivity contribution in [2.75, 3.05) is 0 Å². The Kier molecular flexibility index (Phi) is 1.87. The van der Waals surface area contributed by atoms with Crippen LogP contribution in [0.3, 0.4) is 0 Å². The molecule has 0 atom stereocenters. The molecule has 1 heterocycles. The van der Waals surface area contributed by atoms with Crippen LogP contribution < -0.4 is 5.73 Å². The molecule has 0 saturated heterocycles. The van der Waals surface area contributed by atoms with Crippen LogP contribution in [0.15, 0.2) is 18.2 Å². The minimum atomic E-state index is -4.33. The molecule has 17 heavy (non-hydrogen) atoms. The minimum Gasteiger partial charge on any atom is -0.340 e. The molecule has 1 saturated carbocycles. The zero-order valence-electron chi connectivity index (χ0n) is 8.80. The Morgan fingerprint density at radius 3 is 2.59 bits per heavy atom. The molecule has 1 aliphatic rings. The van der Waals surface area contributed by atoms with Gasteiger partial charge in [0.25, 0.3) is 0 Å². The zero-order valence-corrected chi connectivity index (χ0v) is 8.80. The monoisotopic (exact) mass is 241 g/mol. The van der Waals surface area contributed by atoms with Crippen molar-refractivity contribution >= 4 is 11.0 Å². The number of hydrogen-bond acceptors (Lipinski definition) is 2. The molecule has 1 aromatic heterocycles. The second kappa shape index (κ2) is 3.01. The van der Waals surface area contributed by atoms with Crippen LogP contribution in [0.5, 0.6) is 0 Å². The topological polar surface area (TPSA) is 54.7 Å². The molecular weight excluding hydrogens is 231 g/mol. The van der Waals surface area contributed by atoms with Gasteiger partial charge in [0.05, 0.1) is 22.1 Å². The molecule has 0 amide bonds. The van der Waals surface area contributed by atoms with Crippen molar-refractivity contribution in [3.63, 3.8) is 0 Å². The van der Waals surface area contributed by atoms with E-state index in [4.69, 9.17) is 5.73 Å². The molecule has 0 radical (unpaired) electrons. The Labute approximate surface area is 94.8 Å². The number of nitrogens with one attached hydrogen (secondary N) is 1. The number of nitrogens with two attached hydrogens (primary N) is 1. The van der Waals surface area contributed by atoms with Crippen molar-refractivity contribution in [3.8, 4) is 0 Å². The van der Waals surface area contributed by atoms with E-state index in [1.165, 1.54) is 6.07 Å². The molecule has 0 bridgehead atoms. The molecule has 1 fully saturated rings. The summed E-state index contributed by atoms with van der Waals surface area (Å²) in [6.07, 6.45) is -2.70. The van der Waals surface area contributed by atoms with Crippen molar-refractivity contribution in [1.82, 2.24) is 9.97 Å². The van der Waals surface area contributed by atoms with Crippen LogP contribution >= 0.6 is 0 Å². The quantitative estimate of drug-likeness (QED) is 0.806. The fourth-order valence-corrected chi connectivity index (χ4v) is 1.79. The summed E-state index contributed by atoms with van der Waals surface area (Å²) in [4.78, 5) is 7.10. The van der Waals surface area contributed by atoms with E-state index in [0.717, 1.165) is 25.0 Å². The first-order valence-electron chi connectivity index (χ1n) is 5.25. The lowest BCUT2D eigenvalue weighted by Crippen LogP contribution is -2.20. The van der Waals surface area contributed by atoms with Crippen LogP contribution in [-0.4, -0.2) is 9.97 Å². The third kappa shape index (κ3) is 1.68. The van der Waals surface area contributed by atoms with Crippen LogP contribution in [0, 0.1) is 0 Å². The third-order valence-electron chi connectivity index (χ3n) is 3.07. The SMILES string of the molecule is NC1(c2nc3ccc(C(F)(F)F)cc3[nH]2)CC1. The maximum absolute atomic E-state index is 12.5. The van der Waals surface area contributed by atoms with Crippen molar-refractivity contribution < 1.29 is 13.2 Å². The number of H-pyrrole nitrogens is 1. The summed E-state index contributed by atoms with van der Waals surface area (Å²) < 4.78 is 37.5. The highest BCUT2D eigenvalue weighted by Gasteiger charge is 2.43. The van der Waals surface area contributed by atoms with Gasteiger partial charge < -0.3 is 10.7 Å². The smallest absolute Gasteiger partial charge is 0.340 e. The summed E-state index contributed by atoms with van der Waals surface area (Å²) in [5, 5.41) is 0. The standard InChI is InChI=1S/C11H10F3N3/c12-11(13,14)6-1-2-7-8(5-6)17-9(16-7)10(15)3-4-10/h1-2,5H,3-4,15H2,(H,16,17). The van der Waals surface area contributed by atoms with Crippen LogP contribution in [0.2, 0.25) is 0 Å². The van der Waals surface area contributed by atoms with Gasteiger partial charge in [-0.1, -0.05) is 0 Å². The van der Waals surface area contributed by atoms with Gasteiger partial charge in [-0.05, 0) is 31.0 Å². The molecule has 1 aromatic carbocycles. The van der Waals surface area contributed by atoms with E-state index < -0.39 is 17.3 Å². The summed E-state index contributed by atoms with van der Waals surface area (Å²) in [6.45, 7) is 0. The predicted octanol–water partition coefficient (Wildman–Crippen LogP) is 2.53. The van der Waals surface area contributed by atoms with E-state index >= 15 is 0 Å². The Bertz CT molecular complexity index is 578. The fraction of sp³-hybridized carbons (Fsp3) is 0.364. The van der Waals surface area contributed by atoms with Gasteiger partial charge in [0.1, 0.15) is 5.82 Å². The highest BCUT2D eigenvalue weighted by atomic mass is 19.4. The molecular formula is C11H10F3N3. The van der Waals surface area contributed by atoms with E-state index in [2.05, 4.69) is 9.97 Å². The lowest BCUT2D eigenvalue weighted by Gasteiger charge is -2.05. The maximum atomic E-state index is 12.5. The molecule has 3 rings (SSSR count). The van der Waals surface area contributed by atoms with Crippen molar-refractivity contribution in [1.29, 1.82) is 0 Å². The van der Waals surface area contributed by atoms with Gasteiger partial charge in [0.15, 0.2) is 0 Å². The molecule has 6 heteroatoms. The van der Waals surface area contributed by atoms with Gasteiger partial charge in [-0.2, -0.15) is 13.2 Å². The number of nitrogens with zero attached hydrogens (tertiary/aromatic N) is 1. The Morgan fingerprint density at radius 2 is 2.00 bits per heavy atom. The molecule has 3 N–H and O–H groups in total. The van der Waals surface area contributed by atoms with Crippen LogP contribution in [-0.2, 0) is 11.7 Å². The zero-order chi connectivity index (χ0) is 12.3. The van der Waals surface area contributed by atoms with Crippen molar-refractivity contribution in [3.05, 3.63) is 29.6 Å². The minimum absolute atomic E-state index is 0.381. The summed E-state index contributed by atoms with van der Waals surface area (Å²) in [5.41, 5.74) is 5.70. The van der Waals surface area contributed by atoms with Crippen LogP contribution in [0.25, 0.3) is 11.0 Å². The second-order valence-electron chi connectivity index (χ2n) is 4.47. The van der Waals surface area contributed by atoms with Gasteiger partial charge >= 0.3 is 6.18 Å². The average Bonchev–Trinajstić information content (AvgIpc) is 2.85. The van der Waals surface area contributed by atoms with Crippen LogP contribution in [0.1, 0.15) is 24.2 Å². The van der Waals surface area contributed by atoms with E-state index in [-0.39, 0.29) is 0 Å². The Balaban J connectivity index is 2.11. The lowest BCUT2D eigenvalue weighted by atomic mass is 10.2. The van der Waals surface area contributed by atoms with E-state index in [9.17, 15) is 13.2 Å². The predicted molar refractivity (Wildman–Crippen MR) is 56.2 cm³/mol. The maximum Gasteiger partial charge on any atom is 0.416 e.